The molecule has 3 heteroatoms. The van der Waals surface area contributed by atoms with Gasteiger partial charge in [0.05, 0.1) is 0 Å². The van der Waals surface area contributed by atoms with Crippen molar-refractivity contribution in [1.29, 1.82) is 0 Å². The lowest BCUT2D eigenvalue weighted by atomic mass is 10.1. The van der Waals surface area contributed by atoms with Gasteiger partial charge in [0, 0.05) is 18.1 Å². The molecule has 0 aliphatic heterocycles. The molecular formula is C13H17ClN2. The Bertz CT molecular complexity index is 392. The lowest BCUT2D eigenvalue weighted by Gasteiger charge is -2.05. The van der Waals surface area contributed by atoms with Gasteiger partial charge in [-0.3, -0.25) is 0 Å². The number of nitrogens with zero attached hydrogens (tertiary/aromatic N) is 1. The van der Waals surface area contributed by atoms with Gasteiger partial charge in [-0.2, -0.15) is 0 Å². The maximum Gasteiger partial charge on any atom is 0.0449 e. The van der Waals surface area contributed by atoms with Crippen LogP contribution in [0.25, 0.3) is 5.69 Å². The highest BCUT2D eigenvalue weighted by atomic mass is 35.5. The molecule has 0 aliphatic carbocycles. The van der Waals surface area contributed by atoms with Crippen molar-refractivity contribution < 1.29 is 0 Å². The molecule has 0 spiro atoms. The Hall–Kier alpha value is -1.25. The highest BCUT2D eigenvalue weighted by Gasteiger charge is 1.95. The third-order valence-corrected chi connectivity index (χ3v) is 2.50. The third-order valence-electron chi connectivity index (χ3n) is 2.50. The topological polar surface area (TPSA) is 17.0 Å². The maximum absolute atomic E-state index is 3.15. The van der Waals surface area contributed by atoms with E-state index in [0.717, 1.165) is 13.0 Å². The zero-order valence-corrected chi connectivity index (χ0v) is 10.2. The summed E-state index contributed by atoms with van der Waals surface area (Å²) in [5.74, 6) is 0. The van der Waals surface area contributed by atoms with Gasteiger partial charge < -0.3 is 9.88 Å². The van der Waals surface area contributed by atoms with E-state index in [1.54, 1.807) is 0 Å². The number of hydrogen-bond donors (Lipinski definition) is 1. The second kappa shape index (κ2) is 6.36. The molecule has 1 N–H and O–H groups in total. The molecule has 0 saturated carbocycles. The first-order valence-corrected chi connectivity index (χ1v) is 5.27. The molecule has 0 fully saturated rings. The highest BCUT2D eigenvalue weighted by Crippen LogP contribution is 2.10. The van der Waals surface area contributed by atoms with E-state index in [4.69, 9.17) is 0 Å². The van der Waals surface area contributed by atoms with Crippen molar-refractivity contribution in [3.05, 3.63) is 54.4 Å². The van der Waals surface area contributed by atoms with Crippen LogP contribution in [0.4, 0.5) is 0 Å². The van der Waals surface area contributed by atoms with Gasteiger partial charge in [-0.05, 0) is 49.8 Å². The summed E-state index contributed by atoms with van der Waals surface area (Å²) < 4.78 is 2.11. The molecule has 2 nitrogen and oxygen atoms in total. The molecule has 1 aromatic heterocycles. The van der Waals surface area contributed by atoms with Crippen molar-refractivity contribution in [1.82, 2.24) is 9.88 Å². The molecular weight excluding hydrogens is 220 g/mol. The lowest BCUT2D eigenvalue weighted by Crippen LogP contribution is -2.10. The Morgan fingerprint density at radius 2 is 1.69 bits per heavy atom. The quantitative estimate of drug-likeness (QED) is 0.864. The van der Waals surface area contributed by atoms with Crippen LogP contribution in [0.2, 0.25) is 0 Å². The Kier molecular flexibility index (Phi) is 5.09. The fourth-order valence-corrected chi connectivity index (χ4v) is 1.61. The van der Waals surface area contributed by atoms with Gasteiger partial charge in [-0.25, -0.2) is 0 Å². The van der Waals surface area contributed by atoms with Gasteiger partial charge in [-0.1, -0.05) is 12.1 Å². The first-order valence-electron chi connectivity index (χ1n) is 5.27. The predicted octanol–water partition coefficient (Wildman–Crippen LogP) is 2.66. The Morgan fingerprint density at radius 3 is 2.25 bits per heavy atom. The lowest BCUT2D eigenvalue weighted by molar-refractivity contribution is 0.791. The number of rotatable bonds is 4. The minimum Gasteiger partial charge on any atom is -0.324 e. The van der Waals surface area contributed by atoms with Gasteiger partial charge in [0.15, 0.2) is 0 Å². The van der Waals surface area contributed by atoms with Gasteiger partial charge in [0.25, 0.3) is 0 Å². The minimum atomic E-state index is 0. The molecule has 86 valence electrons. The smallest absolute Gasteiger partial charge is 0.0449 e. The van der Waals surface area contributed by atoms with E-state index >= 15 is 0 Å². The normalized spacial score (nSPS) is 9.81. The molecule has 0 atom stereocenters. The molecule has 0 unspecified atom stereocenters. The zero-order chi connectivity index (χ0) is 10.5. The van der Waals surface area contributed by atoms with Crippen molar-refractivity contribution in [3.8, 4) is 5.69 Å². The predicted molar refractivity (Wildman–Crippen MR) is 70.6 cm³/mol. The Labute approximate surface area is 103 Å². The molecule has 2 rings (SSSR count). The van der Waals surface area contributed by atoms with Gasteiger partial charge >= 0.3 is 0 Å². The van der Waals surface area contributed by atoms with Gasteiger partial charge in [0.1, 0.15) is 0 Å². The largest absolute Gasteiger partial charge is 0.324 e. The number of nitrogens with one attached hydrogen (secondary N) is 1. The molecule has 0 radical (unpaired) electrons. The molecule has 0 aliphatic rings. The van der Waals surface area contributed by atoms with Crippen LogP contribution in [-0.2, 0) is 6.42 Å². The van der Waals surface area contributed by atoms with E-state index in [1.165, 1.54) is 11.3 Å². The second-order valence-electron chi connectivity index (χ2n) is 3.61. The Morgan fingerprint density at radius 1 is 1.06 bits per heavy atom. The molecule has 16 heavy (non-hydrogen) atoms. The van der Waals surface area contributed by atoms with Crippen molar-refractivity contribution in [2.45, 2.75) is 6.42 Å². The van der Waals surface area contributed by atoms with E-state index in [-0.39, 0.29) is 12.4 Å². The average molecular weight is 237 g/mol. The summed E-state index contributed by atoms with van der Waals surface area (Å²) in [6, 6.07) is 12.8. The number of likely N-dealkylation sites (N-methyl/N-ethyl adjacent to an activating group) is 1. The molecule has 1 aromatic carbocycles. The summed E-state index contributed by atoms with van der Waals surface area (Å²) in [5.41, 5.74) is 2.59. The van der Waals surface area contributed by atoms with Gasteiger partial charge in [-0.15, -0.1) is 12.4 Å². The van der Waals surface area contributed by atoms with Crippen LogP contribution in [0.3, 0.4) is 0 Å². The van der Waals surface area contributed by atoms with Crippen molar-refractivity contribution >= 4 is 12.4 Å². The maximum atomic E-state index is 3.15. The summed E-state index contributed by atoms with van der Waals surface area (Å²) in [6.45, 7) is 1.03. The fourth-order valence-electron chi connectivity index (χ4n) is 1.61. The third kappa shape index (κ3) is 3.12. The molecule has 0 bridgehead atoms. The fraction of sp³-hybridized carbons (Fsp3) is 0.231. The standard InChI is InChI=1S/C13H16N2.ClH/c1-14-9-8-12-4-6-13(7-5-12)15-10-2-3-11-15;/h2-7,10-11,14H,8-9H2,1H3;1H. The summed E-state index contributed by atoms with van der Waals surface area (Å²) >= 11 is 0. The SMILES string of the molecule is CNCCc1ccc(-n2cccc2)cc1.Cl. The first kappa shape index (κ1) is 12.8. The average Bonchev–Trinajstić information content (AvgIpc) is 2.80. The second-order valence-corrected chi connectivity index (χ2v) is 3.61. The molecule has 0 saturated heterocycles. The number of hydrogen-bond acceptors (Lipinski definition) is 1. The number of benzene rings is 1. The first-order chi connectivity index (χ1) is 7.40. The number of aromatic nitrogens is 1. The van der Waals surface area contributed by atoms with Crippen LogP contribution in [0.5, 0.6) is 0 Å². The van der Waals surface area contributed by atoms with E-state index < -0.39 is 0 Å². The van der Waals surface area contributed by atoms with E-state index in [1.807, 2.05) is 19.2 Å². The van der Waals surface area contributed by atoms with Crippen molar-refractivity contribution in [3.63, 3.8) is 0 Å². The summed E-state index contributed by atoms with van der Waals surface area (Å²) in [5, 5.41) is 3.15. The number of halogens is 1. The van der Waals surface area contributed by atoms with Crippen molar-refractivity contribution in [2.75, 3.05) is 13.6 Å². The summed E-state index contributed by atoms with van der Waals surface area (Å²) in [7, 11) is 1.98. The van der Waals surface area contributed by atoms with Crippen LogP contribution in [0.1, 0.15) is 5.56 Å². The van der Waals surface area contributed by atoms with E-state index in [9.17, 15) is 0 Å². The summed E-state index contributed by atoms with van der Waals surface area (Å²) in [4.78, 5) is 0. The van der Waals surface area contributed by atoms with E-state index in [0.29, 0.717) is 0 Å². The highest BCUT2D eigenvalue weighted by molar-refractivity contribution is 5.85. The van der Waals surface area contributed by atoms with Crippen LogP contribution in [0.15, 0.2) is 48.8 Å². The molecule has 1 heterocycles. The van der Waals surface area contributed by atoms with E-state index in [2.05, 4.69) is 46.5 Å². The van der Waals surface area contributed by atoms with Gasteiger partial charge in [0.2, 0.25) is 0 Å². The van der Waals surface area contributed by atoms with Crippen LogP contribution in [0, 0.1) is 0 Å². The minimum absolute atomic E-state index is 0. The summed E-state index contributed by atoms with van der Waals surface area (Å²) in [6.07, 6.45) is 5.20. The van der Waals surface area contributed by atoms with Crippen LogP contribution in [-0.4, -0.2) is 18.2 Å². The monoisotopic (exact) mass is 236 g/mol. The molecule has 2 aromatic rings. The zero-order valence-electron chi connectivity index (χ0n) is 9.39. The molecule has 0 amide bonds. The van der Waals surface area contributed by atoms with Crippen LogP contribution < -0.4 is 5.32 Å². The Balaban J connectivity index is 0.00000128. The van der Waals surface area contributed by atoms with Crippen molar-refractivity contribution in [2.24, 2.45) is 0 Å². The van der Waals surface area contributed by atoms with Crippen LogP contribution >= 0.6 is 12.4 Å².